The normalized spacial score (nSPS) is 29.9. The highest BCUT2D eigenvalue weighted by Crippen LogP contribution is 2.64. The Morgan fingerprint density at radius 1 is 0.742 bits per heavy atom. The highest BCUT2D eigenvalue weighted by molar-refractivity contribution is 5.90. The molecule has 3 aliphatic carbocycles. The molecule has 0 aromatic heterocycles. The second kappa shape index (κ2) is 7.81. The van der Waals surface area contributed by atoms with Crippen molar-refractivity contribution in [2.45, 2.75) is 65.6 Å². The minimum Gasteiger partial charge on any atom is -0.454 e. The molecule has 5 rings (SSSR count). The predicted molar refractivity (Wildman–Crippen MR) is 120 cm³/mol. The van der Waals surface area contributed by atoms with Gasteiger partial charge in [-0.1, -0.05) is 64.1 Å². The zero-order valence-corrected chi connectivity index (χ0v) is 18.9. The van der Waals surface area contributed by atoms with E-state index in [9.17, 15) is 9.59 Å². The molecule has 2 unspecified atom stereocenters. The molecule has 0 spiro atoms. The first-order chi connectivity index (χ1) is 14.7. The van der Waals surface area contributed by atoms with Crippen molar-refractivity contribution in [1.29, 1.82) is 0 Å². The number of hydrogen-bond donors (Lipinski definition) is 0. The summed E-state index contributed by atoms with van der Waals surface area (Å²) < 4.78 is 12.4. The lowest BCUT2D eigenvalue weighted by Crippen LogP contribution is -2.66. The standard InChI is InChI=1S/C27H32O4/c1-25(2,3)27-17-15-26(4,16-18-27)21(30-23(28)19-11-7-5-8-12-19)22(27)31-24(29)20-13-9-6-10-14-20/h5-14,21-22H,15-18H2,1-4H3. The molecule has 2 bridgehead atoms. The first-order valence-corrected chi connectivity index (χ1v) is 11.2. The van der Waals surface area contributed by atoms with Crippen molar-refractivity contribution in [3.63, 3.8) is 0 Å². The van der Waals surface area contributed by atoms with E-state index in [4.69, 9.17) is 9.47 Å². The summed E-state index contributed by atoms with van der Waals surface area (Å²) in [6.45, 7) is 8.80. The van der Waals surface area contributed by atoms with Crippen molar-refractivity contribution in [2.24, 2.45) is 16.2 Å². The molecule has 0 heterocycles. The average Bonchev–Trinajstić information content (AvgIpc) is 2.76. The van der Waals surface area contributed by atoms with Gasteiger partial charge in [-0.3, -0.25) is 0 Å². The van der Waals surface area contributed by atoms with Crippen LogP contribution >= 0.6 is 0 Å². The third-order valence-electron chi connectivity index (χ3n) is 7.77. The number of carbonyl (C=O) groups excluding carboxylic acids is 2. The Hall–Kier alpha value is -2.62. The fraction of sp³-hybridized carbons (Fsp3) is 0.481. The molecule has 31 heavy (non-hydrogen) atoms. The molecular weight excluding hydrogens is 388 g/mol. The molecule has 0 N–H and O–H groups in total. The van der Waals surface area contributed by atoms with E-state index in [-0.39, 0.29) is 28.2 Å². The SMILES string of the molecule is CC12CCC(C(C)(C)C)(CC1)C(OC(=O)c1ccccc1)C2OC(=O)c1ccccc1. The Balaban J connectivity index is 1.71. The highest BCUT2D eigenvalue weighted by Gasteiger charge is 2.65. The maximum absolute atomic E-state index is 13.1. The monoisotopic (exact) mass is 420 g/mol. The smallest absolute Gasteiger partial charge is 0.338 e. The molecule has 2 aromatic rings. The second-order valence-corrected chi connectivity index (χ2v) is 10.4. The summed E-state index contributed by atoms with van der Waals surface area (Å²) in [6, 6.07) is 18.1. The quantitative estimate of drug-likeness (QED) is 0.564. The summed E-state index contributed by atoms with van der Waals surface area (Å²) in [5.41, 5.74) is 0.487. The second-order valence-electron chi connectivity index (χ2n) is 10.4. The number of fused-ring (bicyclic) bond motifs is 3. The fourth-order valence-corrected chi connectivity index (χ4v) is 5.56. The third-order valence-corrected chi connectivity index (χ3v) is 7.77. The van der Waals surface area contributed by atoms with Gasteiger partial charge in [0.1, 0.15) is 12.2 Å². The molecule has 164 valence electrons. The van der Waals surface area contributed by atoms with Crippen LogP contribution in [-0.2, 0) is 9.47 Å². The van der Waals surface area contributed by atoms with Crippen LogP contribution < -0.4 is 0 Å². The van der Waals surface area contributed by atoms with Gasteiger partial charge in [-0.25, -0.2) is 9.59 Å². The van der Waals surface area contributed by atoms with Gasteiger partial charge in [-0.05, 0) is 55.4 Å². The van der Waals surface area contributed by atoms with Crippen molar-refractivity contribution >= 4 is 11.9 Å². The maximum atomic E-state index is 13.1. The third kappa shape index (κ3) is 3.77. The summed E-state index contributed by atoms with van der Waals surface area (Å²) in [5.74, 6) is -0.713. The lowest BCUT2D eigenvalue weighted by Gasteiger charge is -2.63. The molecule has 4 heteroatoms. The van der Waals surface area contributed by atoms with E-state index in [0.717, 1.165) is 25.7 Å². The number of ether oxygens (including phenoxy) is 2. The molecule has 3 aliphatic rings. The van der Waals surface area contributed by atoms with Crippen molar-refractivity contribution in [1.82, 2.24) is 0 Å². The summed E-state index contributed by atoms with van der Waals surface area (Å²) in [7, 11) is 0. The van der Waals surface area contributed by atoms with Gasteiger partial charge < -0.3 is 9.47 Å². The molecule has 0 amide bonds. The van der Waals surface area contributed by atoms with E-state index in [1.807, 2.05) is 36.4 Å². The van der Waals surface area contributed by atoms with Gasteiger partial charge in [0.05, 0.1) is 11.1 Å². The van der Waals surface area contributed by atoms with Crippen LogP contribution in [-0.4, -0.2) is 24.1 Å². The predicted octanol–water partition coefficient (Wildman–Crippen LogP) is 6.06. The molecule has 0 radical (unpaired) electrons. The Morgan fingerprint density at radius 2 is 1.16 bits per heavy atom. The fourth-order valence-electron chi connectivity index (χ4n) is 5.56. The summed E-state index contributed by atoms with van der Waals surface area (Å²) in [4.78, 5) is 26.1. The Kier molecular flexibility index (Phi) is 5.45. The largest absolute Gasteiger partial charge is 0.454 e. The summed E-state index contributed by atoms with van der Waals surface area (Å²) >= 11 is 0. The van der Waals surface area contributed by atoms with Gasteiger partial charge >= 0.3 is 11.9 Å². The molecule has 4 nitrogen and oxygen atoms in total. The van der Waals surface area contributed by atoms with Crippen molar-refractivity contribution < 1.29 is 19.1 Å². The van der Waals surface area contributed by atoms with Crippen LogP contribution in [0.5, 0.6) is 0 Å². The number of esters is 2. The Bertz CT molecular complexity index is 934. The van der Waals surface area contributed by atoms with Gasteiger partial charge in [-0.15, -0.1) is 0 Å². The summed E-state index contributed by atoms with van der Waals surface area (Å²) in [6.07, 6.45) is 2.86. The van der Waals surface area contributed by atoms with E-state index < -0.39 is 12.2 Å². The van der Waals surface area contributed by atoms with E-state index in [0.29, 0.717) is 11.1 Å². The first-order valence-electron chi connectivity index (χ1n) is 11.2. The minimum absolute atomic E-state index is 0.103. The highest BCUT2D eigenvalue weighted by atomic mass is 16.6. The number of carbonyl (C=O) groups is 2. The Morgan fingerprint density at radius 3 is 1.58 bits per heavy atom. The van der Waals surface area contributed by atoms with Gasteiger partial charge in [0.2, 0.25) is 0 Å². The Labute approximate surface area is 185 Å². The molecular formula is C27H32O4. The van der Waals surface area contributed by atoms with Crippen LogP contribution in [0.2, 0.25) is 0 Å². The van der Waals surface area contributed by atoms with Crippen LogP contribution in [0.1, 0.15) is 74.1 Å². The molecule has 2 aromatic carbocycles. The van der Waals surface area contributed by atoms with Crippen LogP contribution in [0, 0.1) is 16.2 Å². The average molecular weight is 421 g/mol. The van der Waals surface area contributed by atoms with Crippen molar-refractivity contribution in [2.75, 3.05) is 0 Å². The topological polar surface area (TPSA) is 52.6 Å². The maximum Gasteiger partial charge on any atom is 0.338 e. The van der Waals surface area contributed by atoms with Gasteiger partial charge in [0.15, 0.2) is 0 Å². The molecule has 2 atom stereocenters. The number of hydrogen-bond acceptors (Lipinski definition) is 4. The minimum atomic E-state index is -0.486. The van der Waals surface area contributed by atoms with E-state index in [2.05, 4.69) is 27.7 Å². The first kappa shape index (κ1) is 21.6. The lowest BCUT2D eigenvalue weighted by atomic mass is 9.45. The van der Waals surface area contributed by atoms with Crippen molar-refractivity contribution in [3.05, 3.63) is 71.8 Å². The van der Waals surface area contributed by atoms with Gasteiger partial charge in [0, 0.05) is 10.8 Å². The molecule has 3 saturated carbocycles. The number of benzene rings is 2. The molecule has 3 fully saturated rings. The van der Waals surface area contributed by atoms with Crippen LogP contribution in [0.15, 0.2) is 60.7 Å². The van der Waals surface area contributed by atoms with Crippen molar-refractivity contribution in [3.8, 4) is 0 Å². The van der Waals surface area contributed by atoms with Crippen LogP contribution in [0.3, 0.4) is 0 Å². The van der Waals surface area contributed by atoms with Crippen LogP contribution in [0.25, 0.3) is 0 Å². The number of rotatable bonds is 4. The van der Waals surface area contributed by atoms with Gasteiger partial charge in [0.25, 0.3) is 0 Å². The summed E-state index contributed by atoms with van der Waals surface area (Å²) in [5, 5.41) is 0. The van der Waals surface area contributed by atoms with Crippen LogP contribution in [0.4, 0.5) is 0 Å². The lowest BCUT2D eigenvalue weighted by molar-refractivity contribution is -0.228. The zero-order valence-electron chi connectivity index (χ0n) is 18.9. The zero-order chi connectivity index (χ0) is 22.3. The molecule has 0 aliphatic heterocycles. The van der Waals surface area contributed by atoms with E-state index >= 15 is 0 Å². The molecule has 0 saturated heterocycles. The van der Waals surface area contributed by atoms with E-state index in [1.165, 1.54) is 0 Å². The van der Waals surface area contributed by atoms with E-state index in [1.54, 1.807) is 24.3 Å². The van der Waals surface area contributed by atoms with Gasteiger partial charge in [-0.2, -0.15) is 0 Å².